The quantitative estimate of drug-likeness (QED) is 0.704. The molecule has 1 amide bonds. The first kappa shape index (κ1) is 13.3. The Kier molecular flexibility index (Phi) is 3.36. The third kappa shape index (κ3) is 2.83. The Labute approximate surface area is 108 Å². The Morgan fingerprint density at radius 3 is 2.22 bits per heavy atom. The Morgan fingerprint density at radius 2 is 1.78 bits per heavy atom. The van der Waals surface area contributed by atoms with Gasteiger partial charge in [0.25, 0.3) is 0 Å². The molecule has 1 saturated carbocycles. The molecule has 2 N–H and O–H groups in total. The van der Waals surface area contributed by atoms with Gasteiger partial charge >= 0.3 is 6.09 Å². The largest absolute Gasteiger partial charge is 0.444 e. The van der Waals surface area contributed by atoms with Crippen LogP contribution < -0.4 is 5.73 Å². The number of ketones is 1. The molecule has 1 aliphatic heterocycles. The Morgan fingerprint density at radius 1 is 1.28 bits per heavy atom. The SMILES string of the molecule is CC(C)(C)OC(=O)N1CC2CC(=O)CC(C1)C2N. The fourth-order valence-corrected chi connectivity index (χ4v) is 2.81. The summed E-state index contributed by atoms with van der Waals surface area (Å²) in [6.45, 7) is 6.64. The molecule has 2 rings (SSSR count). The summed E-state index contributed by atoms with van der Waals surface area (Å²) in [7, 11) is 0. The molecule has 2 unspecified atom stereocenters. The van der Waals surface area contributed by atoms with Gasteiger partial charge < -0.3 is 15.4 Å². The van der Waals surface area contributed by atoms with Crippen LogP contribution in [-0.4, -0.2) is 41.5 Å². The van der Waals surface area contributed by atoms with Gasteiger partial charge in [0.05, 0.1) is 0 Å². The van der Waals surface area contributed by atoms with E-state index in [4.69, 9.17) is 10.5 Å². The van der Waals surface area contributed by atoms with Crippen molar-refractivity contribution in [1.82, 2.24) is 4.90 Å². The van der Waals surface area contributed by atoms with Crippen LogP contribution in [0, 0.1) is 11.8 Å². The van der Waals surface area contributed by atoms with Crippen LogP contribution in [0.25, 0.3) is 0 Å². The molecule has 0 aromatic heterocycles. The highest BCUT2D eigenvalue weighted by atomic mass is 16.6. The van der Waals surface area contributed by atoms with Crippen molar-refractivity contribution in [1.29, 1.82) is 0 Å². The number of carbonyl (C=O) groups is 2. The molecule has 102 valence electrons. The first-order valence-electron chi connectivity index (χ1n) is 6.51. The maximum Gasteiger partial charge on any atom is 0.410 e. The number of amides is 1. The number of nitrogens with zero attached hydrogens (tertiary/aromatic N) is 1. The summed E-state index contributed by atoms with van der Waals surface area (Å²) in [5, 5.41) is 0. The van der Waals surface area contributed by atoms with E-state index in [9.17, 15) is 9.59 Å². The lowest BCUT2D eigenvalue weighted by atomic mass is 9.73. The van der Waals surface area contributed by atoms with Crippen molar-refractivity contribution in [3.63, 3.8) is 0 Å². The van der Waals surface area contributed by atoms with E-state index < -0.39 is 5.60 Å². The summed E-state index contributed by atoms with van der Waals surface area (Å²) in [6, 6.07) is 0.0430. The van der Waals surface area contributed by atoms with Crippen molar-refractivity contribution < 1.29 is 14.3 Å². The monoisotopic (exact) mass is 254 g/mol. The van der Waals surface area contributed by atoms with Crippen molar-refractivity contribution >= 4 is 11.9 Å². The standard InChI is InChI=1S/C13H22N2O3/c1-13(2,3)18-12(17)15-6-8-4-10(16)5-9(7-15)11(8)14/h8-9,11H,4-7,14H2,1-3H3. The van der Waals surface area contributed by atoms with Gasteiger partial charge in [0.1, 0.15) is 11.4 Å². The molecule has 2 fully saturated rings. The van der Waals surface area contributed by atoms with Crippen molar-refractivity contribution in [3.05, 3.63) is 0 Å². The number of nitrogens with two attached hydrogens (primary N) is 1. The smallest absolute Gasteiger partial charge is 0.410 e. The molecular weight excluding hydrogens is 232 g/mol. The zero-order chi connectivity index (χ0) is 13.5. The number of Topliss-reactive ketones (excluding diaryl/α,β-unsaturated/α-hetero) is 1. The van der Waals surface area contributed by atoms with Gasteiger partial charge in [0.15, 0.2) is 0 Å². The van der Waals surface area contributed by atoms with Crippen molar-refractivity contribution in [2.24, 2.45) is 17.6 Å². The first-order valence-corrected chi connectivity index (χ1v) is 6.51. The van der Waals surface area contributed by atoms with Gasteiger partial charge in [0.2, 0.25) is 0 Å². The number of hydrogen-bond acceptors (Lipinski definition) is 4. The molecule has 2 aliphatic rings. The van der Waals surface area contributed by atoms with Crippen LogP contribution in [0.1, 0.15) is 33.6 Å². The molecule has 0 aromatic carbocycles. The van der Waals surface area contributed by atoms with Gasteiger partial charge in [-0.05, 0) is 32.6 Å². The second-order valence-corrected chi connectivity index (χ2v) is 6.43. The van der Waals surface area contributed by atoms with E-state index in [1.54, 1.807) is 4.90 Å². The average molecular weight is 254 g/mol. The predicted molar refractivity (Wildman–Crippen MR) is 67.0 cm³/mol. The second-order valence-electron chi connectivity index (χ2n) is 6.43. The number of hydrogen-bond donors (Lipinski definition) is 1. The van der Waals surface area contributed by atoms with Crippen LogP contribution in [0.2, 0.25) is 0 Å². The maximum absolute atomic E-state index is 12.0. The van der Waals surface area contributed by atoms with Gasteiger partial charge in [-0.15, -0.1) is 0 Å². The van der Waals surface area contributed by atoms with Crippen molar-refractivity contribution in [2.45, 2.75) is 45.3 Å². The Bertz CT molecular complexity index is 344. The molecule has 2 bridgehead atoms. The molecule has 0 spiro atoms. The fourth-order valence-electron chi connectivity index (χ4n) is 2.81. The summed E-state index contributed by atoms with van der Waals surface area (Å²) >= 11 is 0. The van der Waals surface area contributed by atoms with Gasteiger partial charge in [-0.3, -0.25) is 4.79 Å². The van der Waals surface area contributed by atoms with E-state index in [-0.39, 0.29) is 29.8 Å². The molecule has 0 aromatic rings. The minimum Gasteiger partial charge on any atom is -0.444 e. The molecule has 1 heterocycles. The Balaban J connectivity index is 2.02. The predicted octanol–water partition coefficient (Wildman–Crippen LogP) is 1.16. The highest BCUT2D eigenvalue weighted by molar-refractivity contribution is 5.80. The van der Waals surface area contributed by atoms with Crippen molar-refractivity contribution in [3.8, 4) is 0 Å². The summed E-state index contributed by atoms with van der Waals surface area (Å²) in [6.07, 6.45) is 0.701. The lowest BCUT2D eigenvalue weighted by molar-refractivity contribution is -0.125. The molecule has 2 atom stereocenters. The van der Waals surface area contributed by atoms with Crippen LogP contribution in [0.4, 0.5) is 4.79 Å². The normalized spacial score (nSPS) is 32.3. The van der Waals surface area contributed by atoms with Gasteiger partial charge in [-0.25, -0.2) is 4.79 Å². The Hall–Kier alpha value is -1.10. The first-order chi connectivity index (χ1) is 8.26. The number of fused-ring (bicyclic) bond motifs is 2. The average Bonchev–Trinajstić information content (AvgIpc) is 2.17. The van der Waals surface area contributed by atoms with Gasteiger partial charge in [-0.2, -0.15) is 0 Å². The van der Waals surface area contributed by atoms with E-state index in [0.717, 1.165) is 0 Å². The number of ether oxygens (including phenoxy) is 1. The number of rotatable bonds is 0. The molecular formula is C13H22N2O3. The van der Waals surface area contributed by atoms with Crippen LogP contribution in [0.5, 0.6) is 0 Å². The zero-order valence-electron chi connectivity index (χ0n) is 11.3. The summed E-state index contributed by atoms with van der Waals surface area (Å²) in [5.74, 6) is 0.463. The number of carbonyl (C=O) groups excluding carboxylic acids is 2. The molecule has 1 saturated heterocycles. The van der Waals surface area contributed by atoms with Crippen molar-refractivity contribution in [2.75, 3.05) is 13.1 Å². The van der Waals surface area contributed by atoms with Gasteiger partial charge in [0, 0.05) is 32.0 Å². The minimum atomic E-state index is -0.485. The lowest BCUT2D eigenvalue weighted by Crippen LogP contribution is -2.58. The minimum absolute atomic E-state index is 0.0430. The summed E-state index contributed by atoms with van der Waals surface area (Å²) in [4.78, 5) is 25.3. The summed E-state index contributed by atoms with van der Waals surface area (Å²) < 4.78 is 5.37. The molecule has 18 heavy (non-hydrogen) atoms. The van der Waals surface area contributed by atoms with Crippen LogP contribution in [0.15, 0.2) is 0 Å². The van der Waals surface area contributed by atoms with E-state index in [2.05, 4.69) is 0 Å². The summed E-state index contributed by atoms with van der Waals surface area (Å²) in [5.41, 5.74) is 5.62. The molecule has 5 heteroatoms. The van der Waals surface area contributed by atoms with E-state index >= 15 is 0 Å². The maximum atomic E-state index is 12.0. The highest BCUT2D eigenvalue weighted by Gasteiger charge is 2.42. The highest BCUT2D eigenvalue weighted by Crippen LogP contribution is 2.32. The molecule has 1 aliphatic carbocycles. The number of likely N-dealkylation sites (tertiary alicyclic amines) is 1. The van der Waals surface area contributed by atoms with E-state index in [0.29, 0.717) is 25.9 Å². The second kappa shape index (κ2) is 4.53. The van der Waals surface area contributed by atoms with E-state index in [1.165, 1.54) is 0 Å². The van der Waals surface area contributed by atoms with E-state index in [1.807, 2.05) is 20.8 Å². The third-order valence-corrected chi connectivity index (χ3v) is 3.63. The molecule has 0 radical (unpaired) electrons. The van der Waals surface area contributed by atoms with Crippen LogP contribution in [-0.2, 0) is 9.53 Å². The number of piperidine rings is 1. The van der Waals surface area contributed by atoms with Gasteiger partial charge in [-0.1, -0.05) is 0 Å². The van der Waals surface area contributed by atoms with Crippen LogP contribution >= 0.6 is 0 Å². The third-order valence-electron chi connectivity index (χ3n) is 3.63. The molecule has 5 nitrogen and oxygen atoms in total. The topological polar surface area (TPSA) is 72.6 Å². The lowest BCUT2D eigenvalue weighted by Gasteiger charge is -2.45. The van der Waals surface area contributed by atoms with Crippen LogP contribution in [0.3, 0.4) is 0 Å². The fraction of sp³-hybridized carbons (Fsp3) is 0.846. The zero-order valence-corrected chi connectivity index (χ0v) is 11.3.